The van der Waals surface area contributed by atoms with Gasteiger partial charge in [0.15, 0.2) is 6.19 Å². The second-order valence-electron chi connectivity index (χ2n) is 3.40. The highest BCUT2D eigenvalue weighted by molar-refractivity contribution is 5.61. The molecule has 0 aromatic heterocycles. The van der Waals surface area contributed by atoms with Gasteiger partial charge in [0.1, 0.15) is 0 Å². The molecule has 0 N–H and O–H groups in total. The van der Waals surface area contributed by atoms with Crippen molar-refractivity contribution in [3.05, 3.63) is 11.3 Å². The fourth-order valence-corrected chi connectivity index (χ4v) is 1.67. The summed E-state index contributed by atoms with van der Waals surface area (Å²) in [6, 6.07) is 0. The highest BCUT2D eigenvalue weighted by Gasteiger charge is 2.22. The molecule has 4 heteroatoms. The van der Waals surface area contributed by atoms with Gasteiger partial charge >= 0.3 is 0 Å². The van der Waals surface area contributed by atoms with Gasteiger partial charge in [0.2, 0.25) is 0 Å². The van der Waals surface area contributed by atoms with Crippen molar-refractivity contribution in [2.75, 3.05) is 26.2 Å². The third kappa shape index (κ3) is 1.37. The largest absolute Gasteiger partial charge is 0.333 e. The van der Waals surface area contributed by atoms with E-state index in [1.54, 1.807) is 4.90 Å². The number of nitriles is 1. The molecule has 0 radical (unpaired) electrons. The third-order valence-corrected chi connectivity index (χ3v) is 2.48. The van der Waals surface area contributed by atoms with Crippen LogP contribution in [-0.2, 0) is 0 Å². The van der Waals surface area contributed by atoms with Gasteiger partial charge in [-0.2, -0.15) is 5.26 Å². The van der Waals surface area contributed by atoms with Crippen LogP contribution in [0.2, 0.25) is 0 Å². The van der Waals surface area contributed by atoms with Crippen molar-refractivity contribution in [2.24, 2.45) is 4.99 Å². The van der Waals surface area contributed by atoms with E-state index in [0.29, 0.717) is 0 Å². The summed E-state index contributed by atoms with van der Waals surface area (Å²) in [4.78, 5) is 8.17. The van der Waals surface area contributed by atoms with Gasteiger partial charge in [-0.1, -0.05) is 0 Å². The Morgan fingerprint density at radius 2 is 2.38 bits per heavy atom. The number of aliphatic imine (C=N–C) groups is 1. The average Bonchev–Trinajstić information content (AvgIpc) is 2.18. The molecular weight excluding hydrogens is 164 g/mol. The van der Waals surface area contributed by atoms with E-state index in [1.807, 2.05) is 6.34 Å². The van der Waals surface area contributed by atoms with Crippen LogP contribution in [0.4, 0.5) is 0 Å². The minimum atomic E-state index is 0.744. The van der Waals surface area contributed by atoms with Gasteiger partial charge in [-0.3, -0.25) is 4.99 Å². The van der Waals surface area contributed by atoms with Crippen molar-refractivity contribution >= 4 is 6.34 Å². The lowest BCUT2D eigenvalue weighted by atomic mass is 10.1. The van der Waals surface area contributed by atoms with Crippen LogP contribution in [0.5, 0.6) is 0 Å². The Morgan fingerprint density at radius 1 is 1.54 bits per heavy atom. The Bertz CT molecular complexity index is 310. The predicted molar refractivity (Wildman–Crippen MR) is 50.0 cm³/mol. The second-order valence-corrected chi connectivity index (χ2v) is 3.40. The summed E-state index contributed by atoms with van der Waals surface area (Å²) in [5.74, 6) is 0. The van der Waals surface area contributed by atoms with E-state index in [2.05, 4.69) is 23.0 Å². The van der Waals surface area contributed by atoms with Gasteiger partial charge in [-0.15, -0.1) is 0 Å². The van der Waals surface area contributed by atoms with Gasteiger partial charge in [0.25, 0.3) is 0 Å². The number of nitrogens with zero attached hydrogens (tertiary/aromatic N) is 4. The van der Waals surface area contributed by atoms with Crippen LogP contribution in [0.25, 0.3) is 0 Å². The zero-order valence-electron chi connectivity index (χ0n) is 7.69. The fraction of sp³-hybridized carbons (Fsp3) is 0.556. The fourth-order valence-electron chi connectivity index (χ4n) is 1.67. The molecule has 2 aliphatic heterocycles. The van der Waals surface area contributed by atoms with Crippen LogP contribution in [0.1, 0.15) is 6.92 Å². The van der Waals surface area contributed by atoms with E-state index < -0.39 is 0 Å². The minimum absolute atomic E-state index is 0.744. The Kier molecular flexibility index (Phi) is 1.93. The highest BCUT2D eigenvalue weighted by Crippen LogP contribution is 2.18. The maximum absolute atomic E-state index is 8.77. The van der Waals surface area contributed by atoms with Gasteiger partial charge in [0, 0.05) is 18.8 Å². The molecule has 68 valence electrons. The van der Waals surface area contributed by atoms with Crippen LogP contribution < -0.4 is 0 Å². The van der Waals surface area contributed by atoms with Crippen molar-refractivity contribution in [3.8, 4) is 6.19 Å². The molecule has 0 spiro atoms. The Morgan fingerprint density at radius 3 is 3.15 bits per heavy atom. The first-order valence-corrected chi connectivity index (χ1v) is 4.41. The maximum Gasteiger partial charge on any atom is 0.179 e. The summed E-state index contributed by atoms with van der Waals surface area (Å²) < 4.78 is 0. The van der Waals surface area contributed by atoms with Crippen LogP contribution >= 0.6 is 0 Å². The number of piperazine rings is 1. The molecule has 4 nitrogen and oxygen atoms in total. The number of hydrogen-bond acceptors (Lipinski definition) is 4. The Labute approximate surface area is 77.8 Å². The first-order chi connectivity index (χ1) is 6.31. The van der Waals surface area contributed by atoms with Crippen molar-refractivity contribution in [2.45, 2.75) is 6.92 Å². The first-order valence-electron chi connectivity index (χ1n) is 4.41. The molecule has 0 amide bonds. The molecule has 1 saturated heterocycles. The van der Waals surface area contributed by atoms with Crippen LogP contribution in [-0.4, -0.2) is 42.3 Å². The molecule has 0 aromatic rings. The number of rotatable bonds is 0. The molecule has 0 aromatic carbocycles. The molecule has 2 heterocycles. The smallest absolute Gasteiger partial charge is 0.179 e. The quantitative estimate of drug-likeness (QED) is 0.502. The highest BCUT2D eigenvalue weighted by atomic mass is 15.3. The van der Waals surface area contributed by atoms with Crippen molar-refractivity contribution in [1.29, 1.82) is 5.26 Å². The van der Waals surface area contributed by atoms with Crippen LogP contribution in [0.3, 0.4) is 0 Å². The zero-order valence-corrected chi connectivity index (χ0v) is 7.69. The summed E-state index contributed by atoms with van der Waals surface area (Å²) in [6.45, 7) is 5.29. The lowest BCUT2D eigenvalue weighted by molar-refractivity contribution is 0.294. The molecule has 2 aliphatic rings. The first kappa shape index (κ1) is 8.11. The normalized spacial score (nSPS) is 21.5. The van der Waals surface area contributed by atoms with Crippen LogP contribution in [0, 0.1) is 11.5 Å². The second kappa shape index (κ2) is 3.09. The van der Waals surface area contributed by atoms with Gasteiger partial charge < -0.3 is 9.80 Å². The summed E-state index contributed by atoms with van der Waals surface area (Å²) >= 11 is 0. The molecule has 0 aliphatic carbocycles. The van der Waals surface area contributed by atoms with E-state index in [-0.39, 0.29) is 0 Å². The van der Waals surface area contributed by atoms with Crippen LogP contribution in [0.15, 0.2) is 16.3 Å². The summed E-state index contributed by atoms with van der Waals surface area (Å²) in [5.41, 5.74) is 2.53. The zero-order chi connectivity index (χ0) is 9.26. The van der Waals surface area contributed by atoms with Gasteiger partial charge in [-0.25, -0.2) is 0 Å². The molecule has 0 unspecified atom stereocenters. The topological polar surface area (TPSA) is 42.6 Å². The standard InChI is InChI=1S/C9H12N4/c1-8-4-11-7-13-3-2-12(6-10)5-9(8)13/h7H,2-5H2,1H3. The summed E-state index contributed by atoms with van der Waals surface area (Å²) in [6.07, 6.45) is 4.07. The van der Waals surface area contributed by atoms with Crippen molar-refractivity contribution in [3.63, 3.8) is 0 Å². The molecule has 13 heavy (non-hydrogen) atoms. The Hall–Kier alpha value is -1.50. The maximum atomic E-state index is 8.77. The van der Waals surface area contributed by atoms with E-state index >= 15 is 0 Å². The molecule has 0 bridgehead atoms. The Balaban J connectivity index is 2.20. The van der Waals surface area contributed by atoms with Gasteiger partial charge in [-0.05, 0) is 12.5 Å². The lowest BCUT2D eigenvalue weighted by Gasteiger charge is -2.35. The summed E-state index contributed by atoms with van der Waals surface area (Å²) in [7, 11) is 0. The van der Waals surface area contributed by atoms with Crippen molar-refractivity contribution < 1.29 is 0 Å². The lowest BCUT2D eigenvalue weighted by Crippen LogP contribution is -2.43. The monoisotopic (exact) mass is 176 g/mol. The molecule has 2 rings (SSSR count). The van der Waals surface area contributed by atoms with E-state index in [0.717, 1.165) is 26.2 Å². The summed E-state index contributed by atoms with van der Waals surface area (Å²) in [5, 5.41) is 8.77. The van der Waals surface area contributed by atoms with E-state index in [4.69, 9.17) is 5.26 Å². The van der Waals surface area contributed by atoms with Gasteiger partial charge in [0.05, 0.1) is 19.4 Å². The number of fused-ring (bicyclic) bond motifs is 1. The molecule has 0 atom stereocenters. The van der Waals surface area contributed by atoms with Crippen molar-refractivity contribution in [1.82, 2.24) is 9.80 Å². The van der Waals surface area contributed by atoms with E-state index in [1.165, 1.54) is 11.3 Å². The third-order valence-electron chi connectivity index (χ3n) is 2.48. The minimum Gasteiger partial charge on any atom is -0.333 e. The predicted octanol–water partition coefficient (Wildman–Crippen LogP) is 0.401. The number of hydrogen-bond donors (Lipinski definition) is 0. The molecule has 0 saturated carbocycles. The average molecular weight is 176 g/mol. The SMILES string of the molecule is CC1=C2CN(C#N)CCN2C=NC1. The molecular formula is C9H12N4. The van der Waals surface area contributed by atoms with E-state index in [9.17, 15) is 0 Å². The molecule has 1 fully saturated rings.